The van der Waals surface area contributed by atoms with Gasteiger partial charge in [-0.25, -0.2) is 0 Å². The summed E-state index contributed by atoms with van der Waals surface area (Å²) in [6.07, 6.45) is 7.41. The Morgan fingerprint density at radius 2 is 1.88 bits per heavy atom. The number of carbonyl (C=O) groups excluding carboxylic acids is 2. The fourth-order valence-corrected chi connectivity index (χ4v) is 2.21. The molecule has 1 aliphatic carbocycles. The van der Waals surface area contributed by atoms with E-state index in [2.05, 4.69) is 0 Å². The van der Waals surface area contributed by atoms with E-state index in [1.807, 2.05) is 38.2 Å². The van der Waals surface area contributed by atoms with Crippen LogP contribution >= 0.6 is 0 Å². The molecule has 2 aliphatic rings. The highest BCUT2D eigenvalue weighted by Crippen LogP contribution is 2.42. The lowest BCUT2D eigenvalue weighted by molar-refractivity contribution is -0.226. The lowest BCUT2D eigenvalue weighted by Crippen LogP contribution is -2.47. The molecule has 92 valence electrons. The number of hydrogen-bond donors (Lipinski definition) is 0. The van der Waals surface area contributed by atoms with E-state index < -0.39 is 23.6 Å². The molecular weight excluding hydrogens is 220 g/mol. The molecule has 0 N–H and O–H groups in total. The summed E-state index contributed by atoms with van der Waals surface area (Å²) >= 11 is 0. The summed E-state index contributed by atoms with van der Waals surface area (Å²) in [6, 6.07) is 0. The maximum absolute atomic E-state index is 11.3. The molecule has 1 atom stereocenters. The van der Waals surface area contributed by atoms with Crippen molar-refractivity contribution in [2.24, 2.45) is 11.3 Å². The number of esters is 2. The van der Waals surface area contributed by atoms with Gasteiger partial charge in [0.2, 0.25) is 0 Å². The molecule has 1 aliphatic heterocycles. The van der Waals surface area contributed by atoms with Gasteiger partial charge in [-0.15, -0.1) is 0 Å². The zero-order valence-corrected chi connectivity index (χ0v) is 10.0. The maximum atomic E-state index is 11.3. The lowest BCUT2D eigenvalue weighted by Gasteiger charge is -2.41. The van der Waals surface area contributed by atoms with Crippen LogP contribution in [0, 0.1) is 11.3 Å². The van der Waals surface area contributed by atoms with E-state index in [1.54, 1.807) is 0 Å². The van der Waals surface area contributed by atoms with Crippen LogP contribution in [0.15, 0.2) is 24.3 Å². The third-order valence-electron chi connectivity index (χ3n) is 3.40. The standard InChI is InChI=1S/C13H16O4/c1-9(2)13(6-4-3-5-7-13)12-16-10(14)8-11(15)17-12/h3-6,9,12H,7-8H2,1-2H3. The number of carbonyl (C=O) groups is 2. The second-order valence-corrected chi connectivity index (χ2v) is 4.75. The third kappa shape index (κ3) is 2.12. The van der Waals surface area contributed by atoms with Crippen LogP contribution in [0.5, 0.6) is 0 Å². The van der Waals surface area contributed by atoms with Crippen LogP contribution in [-0.2, 0) is 19.1 Å². The summed E-state index contributed by atoms with van der Waals surface area (Å²) in [7, 11) is 0. The minimum absolute atomic E-state index is 0.201. The molecule has 1 saturated heterocycles. The Hall–Kier alpha value is -1.58. The van der Waals surface area contributed by atoms with Crippen molar-refractivity contribution in [3.05, 3.63) is 24.3 Å². The summed E-state index contributed by atoms with van der Waals surface area (Å²) in [5.74, 6) is -0.809. The minimum Gasteiger partial charge on any atom is -0.424 e. The highest BCUT2D eigenvalue weighted by molar-refractivity contribution is 5.92. The van der Waals surface area contributed by atoms with Crippen LogP contribution in [0.2, 0.25) is 0 Å². The first-order valence-corrected chi connectivity index (χ1v) is 5.78. The molecule has 0 amide bonds. The Morgan fingerprint density at radius 3 is 2.35 bits per heavy atom. The molecule has 1 unspecified atom stereocenters. The topological polar surface area (TPSA) is 52.6 Å². The Balaban J connectivity index is 2.27. The van der Waals surface area contributed by atoms with Crippen LogP contribution < -0.4 is 0 Å². The Labute approximate surface area is 100 Å². The second-order valence-electron chi connectivity index (χ2n) is 4.75. The Morgan fingerprint density at radius 1 is 1.24 bits per heavy atom. The summed E-state index contributed by atoms with van der Waals surface area (Å²) in [5, 5.41) is 0. The normalized spacial score (nSPS) is 29.4. The lowest BCUT2D eigenvalue weighted by atomic mass is 9.71. The van der Waals surface area contributed by atoms with Crippen molar-refractivity contribution in [3.63, 3.8) is 0 Å². The molecule has 1 fully saturated rings. The fraction of sp³-hybridized carbons (Fsp3) is 0.538. The molecular formula is C13H16O4. The molecule has 0 spiro atoms. The predicted molar refractivity (Wildman–Crippen MR) is 60.8 cm³/mol. The van der Waals surface area contributed by atoms with Crippen LogP contribution in [0.1, 0.15) is 26.7 Å². The summed E-state index contributed by atoms with van der Waals surface area (Å²) in [4.78, 5) is 22.7. The van der Waals surface area contributed by atoms with Crippen molar-refractivity contribution in [2.75, 3.05) is 0 Å². The van der Waals surface area contributed by atoms with Gasteiger partial charge in [-0.2, -0.15) is 0 Å². The monoisotopic (exact) mass is 236 g/mol. The summed E-state index contributed by atoms with van der Waals surface area (Å²) < 4.78 is 10.4. The van der Waals surface area contributed by atoms with E-state index in [0.29, 0.717) is 6.42 Å². The third-order valence-corrected chi connectivity index (χ3v) is 3.40. The van der Waals surface area contributed by atoms with Crippen molar-refractivity contribution >= 4 is 11.9 Å². The molecule has 0 bridgehead atoms. The van der Waals surface area contributed by atoms with Crippen molar-refractivity contribution in [1.82, 2.24) is 0 Å². The molecule has 0 aromatic rings. The quantitative estimate of drug-likeness (QED) is 0.543. The number of allylic oxidation sites excluding steroid dienone is 3. The van der Waals surface area contributed by atoms with Gasteiger partial charge in [0, 0.05) is 0 Å². The Bertz CT molecular complexity index is 378. The SMILES string of the molecule is CC(C)C1(C2OC(=O)CC(=O)O2)C=CC=CC1. The average Bonchev–Trinajstić information content (AvgIpc) is 2.28. The first-order chi connectivity index (χ1) is 8.04. The number of rotatable bonds is 2. The average molecular weight is 236 g/mol. The first kappa shape index (κ1) is 11.9. The largest absolute Gasteiger partial charge is 0.424 e. The van der Waals surface area contributed by atoms with E-state index in [9.17, 15) is 9.59 Å². The molecule has 2 rings (SSSR count). The second kappa shape index (κ2) is 4.35. The van der Waals surface area contributed by atoms with Gasteiger partial charge in [-0.05, 0) is 12.3 Å². The van der Waals surface area contributed by atoms with Gasteiger partial charge in [0.05, 0.1) is 5.41 Å². The first-order valence-electron chi connectivity index (χ1n) is 5.78. The molecule has 17 heavy (non-hydrogen) atoms. The number of cyclic esters (lactones) is 2. The van der Waals surface area contributed by atoms with Crippen molar-refractivity contribution in [1.29, 1.82) is 0 Å². The predicted octanol–water partition coefficient (Wildman–Crippen LogP) is 1.96. The highest BCUT2D eigenvalue weighted by atomic mass is 16.7. The van der Waals surface area contributed by atoms with E-state index in [-0.39, 0.29) is 12.3 Å². The van der Waals surface area contributed by atoms with E-state index in [1.165, 1.54) is 0 Å². The maximum Gasteiger partial charge on any atom is 0.320 e. The smallest absolute Gasteiger partial charge is 0.320 e. The van der Waals surface area contributed by atoms with E-state index in [0.717, 1.165) is 0 Å². The molecule has 0 aromatic carbocycles. The molecule has 4 nitrogen and oxygen atoms in total. The summed E-state index contributed by atoms with van der Waals surface area (Å²) in [5.41, 5.74) is -0.444. The van der Waals surface area contributed by atoms with Crippen molar-refractivity contribution in [3.8, 4) is 0 Å². The van der Waals surface area contributed by atoms with Gasteiger partial charge < -0.3 is 9.47 Å². The molecule has 1 heterocycles. The zero-order chi connectivity index (χ0) is 12.5. The fourth-order valence-electron chi connectivity index (χ4n) is 2.21. The van der Waals surface area contributed by atoms with Gasteiger partial charge in [0.1, 0.15) is 6.42 Å². The van der Waals surface area contributed by atoms with Crippen LogP contribution in [0.4, 0.5) is 0 Å². The van der Waals surface area contributed by atoms with E-state index in [4.69, 9.17) is 9.47 Å². The van der Waals surface area contributed by atoms with Crippen LogP contribution in [-0.4, -0.2) is 18.2 Å². The molecule has 0 aromatic heterocycles. The zero-order valence-electron chi connectivity index (χ0n) is 10.0. The van der Waals surface area contributed by atoms with Crippen molar-refractivity contribution < 1.29 is 19.1 Å². The molecule has 0 radical (unpaired) electrons. The van der Waals surface area contributed by atoms with E-state index >= 15 is 0 Å². The van der Waals surface area contributed by atoms with Gasteiger partial charge in [-0.1, -0.05) is 38.2 Å². The van der Waals surface area contributed by atoms with Gasteiger partial charge in [0.15, 0.2) is 0 Å². The Kier molecular flexibility index (Phi) is 3.05. The molecule has 4 heteroatoms. The highest BCUT2D eigenvalue weighted by Gasteiger charge is 2.46. The van der Waals surface area contributed by atoms with Crippen LogP contribution in [0.3, 0.4) is 0 Å². The molecule has 0 saturated carbocycles. The summed E-state index contributed by atoms with van der Waals surface area (Å²) in [6.45, 7) is 4.06. The number of hydrogen-bond acceptors (Lipinski definition) is 4. The van der Waals surface area contributed by atoms with Crippen molar-refractivity contribution in [2.45, 2.75) is 33.0 Å². The minimum atomic E-state index is -0.808. The van der Waals surface area contributed by atoms with Gasteiger partial charge in [0.25, 0.3) is 6.29 Å². The van der Waals surface area contributed by atoms with Crippen LogP contribution in [0.25, 0.3) is 0 Å². The number of ether oxygens (including phenoxy) is 2. The van der Waals surface area contributed by atoms with Gasteiger partial charge >= 0.3 is 11.9 Å². The van der Waals surface area contributed by atoms with Gasteiger partial charge in [-0.3, -0.25) is 9.59 Å².